The van der Waals surface area contributed by atoms with Crippen LogP contribution in [0.5, 0.6) is 0 Å². The second-order valence-corrected chi connectivity index (χ2v) is 6.67. The first kappa shape index (κ1) is 19.4. The number of hydrogen-bond acceptors (Lipinski definition) is 7. The highest BCUT2D eigenvalue weighted by atomic mass is 19.1. The van der Waals surface area contributed by atoms with E-state index in [1.54, 1.807) is 6.92 Å². The minimum absolute atomic E-state index is 0.0903. The van der Waals surface area contributed by atoms with Crippen LogP contribution < -0.4 is 4.90 Å². The van der Waals surface area contributed by atoms with Crippen molar-refractivity contribution in [3.05, 3.63) is 65.8 Å². The van der Waals surface area contributed by atoms with Crippen molar-refractivity contribution in [2.24, 2.45) is 0 Å². The Labute approximate surface area is 170 Å². The Morgan fingerprint density at radius 2 is 1.67 bits per heavy atom. The van der Waals surface area contributed by atoms with Crippen molar-refractivity contribution in [1.82, 2.24) is 10.2 Å². The van der Waals surface area contributed by atoms with Crippen molar-refractivity contribution < 1.29 is 27.9 Å². The first-order valence-corrected chi connectivity index (χ1v) is 9.18. The fourth-order valence-electron chi connectivity index (χ4n) is 3.00. The van der Waals surface area contributed by atoms with Crippen LogP contribution in [0.3, 0.4) is 0 Å². The Bertz CT molecular complexity index is 1090. The van der Waals surface area contributed by atoms with Crippen molar-refractivity contribution in [3.63, 3.8) is 0 Å². The number of carbonyl (C=O) groups is 3. The summed E-state index contributed by atoms with van der Waals surface area (Å²) in [5.74, 6) is -1.28. The van der Waals surface area contributed by atoms with E-state index in [2.05, 4.69) is 10.2 Å². The summed E-state index contributed by atoms with van der Waals surface area (Å²) in [5, 5.41) is 7.76. The summed E-state index contributed by atoms with van der Waals surface area (Å²) in [6.07, 6.45) is -0.449. The number of carbonyl (C=O) groups excluding carboxylic acids is 3. The minimum atomic E-state index is -0.819. The van der Waals surface area contributed by atoms with Crippen LogP contribution in [-0.2, 0) is 14.3 Å². The molecule has 1 atom stereocenters. The normalized spacial score (nSPS) is 14.8. The van der Waals surface area contributed by atoms with Crippen LogP contribution in [0, 0.1) is 5.82 Å². The lowest BCUT2D eigenvalue weighted by Gasteiger charge is -2.14. The van der Waals surface area contributed by atoms with Crippen molar-refractivity contribution in [2.75, 3.05) is 4.90 Å². The molecule has 0 radical (unpaired) electrons. The molecular weight excluding hydrogens is 393 g/mol. The molecule has 30 heavy (non-hydrogen) atoms. The minimum Gasteiger partial charge on any atom is -0.449 e. The maximum absolute atomic E-state index is 13.0. The highest BCUT2D eigenvalue weighted by molar-refractivity contribution is 6.19. The number of esters is 1. The highest BCUT2D eigenvalue weighted by Crippen LogP contribution is 2.25. The molecule has 8 nitrogen and oxygen atoms in total. The van der Waals surface area contributed by atoms with Gasteiger partial charge in [-0.05, 0) is 55.5 Å². The highest BCUT2D eigenvalue weighted by Gasteiger charge is 2.30. The number of halogens is 1. The predicted octanol–water partition coefficient (Wildman–Crippen LogP) is 3.45. The molecule has 2 heterocycles. The largest absolute Gasteiger partial charge is 0.449 e. The van der Waals surface area contributed by atoms with Gasteiger partial charge in [0.2, 0.25) is 17.7 Å². The Morgan fingerprint density at radius 3 is 2.30 bits per heavy atom. The molecule has 0 N–H and O–H groups in total. The lowest BCUT2D eigenvalue weighted by molar-refractivity contribution is -0.121. The molecule has 1 aromatic heterocycles. The molecule has 0 aliphatic carbocycles. The lowest BCUT2D eigenvalue weighted by atomic mass is 10.2. The van der Waals surface area contributed by atoms with E-state index in [-0.39, 0.29) is 47.8 Å². The number of aromatic nitrogens is 2. The zero-order chi connectivity index (χ0) is 21.3. The summed E-state index contributed by atoms with van der Waals surface area (Å²) in [4.78, 5) is 37.1. The van der Waals surface area contributed by atoms with Crippen LogP contribution in [0.15, 0.2) is 52.9 Å². The number of rotatable bonds is 5. The molecule has 0 bridgehead atoms. The third kappa shape index (κ3) is 3.82. The van der Waals surface area contributed by atoms with Gasteiger partial charge in [0.15, 0.2) is 6.10 Å². The van der Waals surface area contributed by atoms with Gasteiger partial charge in [0, 0.05) is 18.4 Å². The van der Waals surface area contributed by atoms with Crippen molar-refractivity contribution in [2.45, 2.75) is 25.9 Å². The Morgan fingerprint density at radius 1 is 1.03 bits per heavy atom. The van der Waals surface area contributed by atoms with E-state index < -0.39 is 12.1 Å². The molecule has 1 aliphatic heterocycles. The standard InChI is InChI=1S/C21H16FN3O5/c1-12(19-23-24-20(30-19)13-2-6-15(22)7-3-13)29-21(28)14-4-8-16(9-5-14)25-17(26)10-11-18(25)27/h2-9,12H,10-11H2,1H3/t12-/m1/s1. The van der Waals surface area contributed by atoms with E-state index in [9.17, 15) is 18.8 Å². The van der Waals surface area contributed by atoms with Gasteiger partial charge >= 0.3 is 5.97 Å². The summed E-state index contributed by atoms with van der Waals surface area (Å²) in [7, 11) is 0. The number of nitrogens with zero attached hydrogens (tertiary/aromatic N) is 3. The fraction of sp³-hybridized carbons (Fsp3) is 0.190. The maximum Gasteiger partial charge on any atom is 0.338 e. The number of benzene rings is 2. The summed E-state index contributed by atoms with van der Waals surface area (Å²) in [6.45, 7) is 1.58. The molecule has 4 rings (SSSR count). The van der Waals surface area contributed by atoms with Crippen LogP contribution in [0.25, 0.3) is 11.5 Å². The number of hydrogen-bond donors (Lipinski definition) is 0. The first-order chi connectivity index (χ1) is 14.4. The van der Waals surface area contributed by atoms with Gasteiger partial charge in [0.25, 0.3) is 5.89 Å². The third-order valence-corrected chi connectivity index (χ3v) is 4.58. The van der Waals surface area contributed by atoms with Crippen LogP contribution >= 0.6 is 0 Å². The Balaban J connectivity index is 1.43. The van der Waals surface area contributed by atoms with Crippen LogP contribution in [0.4, 0.5) is 10.1 Å². The van der Waals surface area contributed by atoms with Gasteiger partial charge in [-0.15, -0.1) is 10.2 Å². The van der Waals surface area contributed by atoms with E-state index in [1.165, 1.54) is 48.5 Å². The zero-order valence-corrected chi connectivity index (χ0v) is 15.9. The van der Waals surface area contributed by atoms with E-state index in [1.807, 2.05) is 0 Å². The van der Waals surface area contributed by atoms with Crippen molar-refractivity contribution in [3.8, 4) is 11.5 Å². The molecule has 0 spiro atoms. The van der Waals surface area contributed by atoms with Gasteiger partial charge in [-0.1, -0.05) is 0 Å². The smallest absolute Gasteiger partial charge is 0.338 e. The van der Waals surface area contributed by atoms with Crippen LogP contribution in [0.2, 0.25) is 0 Å². The van der Waals surface area contributed by atoms with Gasteiger partial charge in [0.1, 0.15) is 5.82 Å². The molecule has 2 amide bonds. The molecule has 1 aliphatic rings. The van der Waals surface area contributed by atoms with E-state index in [4.69, 9.17) is 9.15 Å². The predicted molar refractivity (Wildman–Crippen MR) is 102 cm³/mol. The quantitative estimate of drug-likeness (QED) is 0.470. The Kier molecular flexibility index (Phi) is 5.09. The maximum atomic E-state index is 13.0. The second kappa shape index (κ2) is 7.86. The molecule has 1 saturated heterocycles. The van der Waals surface area contributed by atoms with E-state index in [0.717, 1.165) is 4.90 Å². The average molecular weight is 409 g/mol. The molecular formula is C21H16FN3O5. The molecule has 1 fully saturated rings. The average Bonchev–Trinajstić information content (AvgIpc) is 3.36. The zero-order valence-electron chi connectivity index (χ0n) is 15.9. The molecule has 3 aromatic rings. The molecule has 9 heteroatoms. The Hall–Kier alpha value is -3.88. The molecule has 0 unspecified atom stereocenters. The van der Waals surface area contributed by atoms with Gasteiger partial charge < -0.3 is 9.15 Å². The van der Waals surface area contributed by atoms with E-state index in [0.29, 0.717) is 11.3 Å². The second-order valence-electron chi connectivity index (χ2n) is 6.67. The van der Waals surface area contributed by atoms with Crippen LogP contribution in [-0.4, -0.2) is 28.0 Å². The number of ether oxygens (including phenoxy) is 1. The summed E-state index contributed by atoms with van der Waals surface area (Å²) in [6, 6.07) is 11.5. The summed E-state index contributed by atoms with van der Waals surface area (Å²) >= 11 is 0. The van der Waals surface area contributed by atoms with Gasteiger partial charge in [-0.3, -0.25) is 14.5 Å². The lowest BCUT2D eigenvalue weighted by Crippen LogP contribution is -2.28. The van der Waals surface area contributed by atoms with Gasteiger partial charge in [0.05, 0.1) is 11.3 Å². The topological polar surface area (TPSA) is 103 Å². The van der Waals surface area contributed by atoms with Crippen molar-refractivity contribution >= 4 is 23.5 Å². The van der Waals surface area contributed by atoms with Crippen LogP contribution in [0.1, 0.15) is 42.1 Å². The molecule has 0 saturated carbocycles. The third-order valence-electron chi connectivity index (χ3n) is 4.58. The SMILES string of the molecule is C[C@@H](OC(=O)c1ccc(N2C(=O)CCC2=O)cc1)c1nnc(-c2ccc(F)cc2)o1. The molecule has 2 aromatic carbocycles. The summed E-state index contributed by atoms with van der Waals surface area (Å²) in [5.41, 5.74) is 1.19. The number of imide groups is 1. The summed E-state index contributed by atoms with van der Waals surface area (Å²) < 4.78 is 23.9. The fourth-order valence-corrected chi connectivity index (χ4v) is 3.00. The molecule has 152 valence electrons. The van der Waals surface area contributed by atoms with Crippen molar-refractivity contribution in [1.29, 1.82) is 0 Å². The van der Waals surface area contributed by atoms with E-state index >= 15 is 0 Å². The first-order valence-electron chi connectivity index (χ1n) is 9.18. The number of anilines is 1. The number of amides is 2. The van der Waals surface area contributed by atoms with Gasteiger partial charge in [-0.2, -0.15) is 0 Å². The monoisotopic (exact) mass is 409 g/mol. The van der Waals surface area contributed by atoms with Gasteiger partial charge in [-0.25, -0.2) is 9.18 Å².